The number of ketones is 1. The van der Waals surface area contributed by atoms with Crippen molar-refractivity contribution in [1.82, 2.24) is 0 Å². The Bertz CT molecular complexity index is 492. The molecule has 0 atom stereocenters. The second-order valence-electron chi connectivity index (χ2n) is 3.80. The van der Waals surface area contributed by atoms with Crippen LogP contribution in [0, 0.1) is 6.92 Å². The number of Topliss-reactive ketones (excluding diaryl/α,β-unsaturated/α-hetero) is 1. The monoisotopic (exact) mass is 282 g/mol. The molecule has 16 heavy (non-hydrogen) atoms. The zero-order valence-electron chi connectivity index (χ0n) is 9.09. The summed E-state index contributed by atoms with van der Waals surface area (Å²) in [6, 6.07) is 1.73. The van der Waals surface area contributed by atoms with Gasteiger partial charge in [-0.3, -0.25) is 4.79 Å². The number of esters is 1. The zero-order valence-corrected chi connectivity index (χ0v) is 10.7. The number of halogens is 1. The van der Waals surface area contributed by atoms with Crippen LogP contribution >= 0.6 is 15.9 Å². The van der Waals surface area contributed by atoms with Gasteiger partial charge in [0.2, 0.25) is 0 Å². The maximum absolute atomic E-state index is 11.7. The van der Waals surface area contributed by atoms with E-state index in [-0.39, 0.29) is 5.78 Å². The van der Waals surface area contributed by atoms with Crippen molar-refractivity contribution in [2.75, 3.05) is 7.11 Å². The number of carbonyl (C=O) groups excluding carboxylic acids is 2. The fraction of sp³-hybridized carbons (Fsp3) is 0.333. The van der Waals surface area contributed by atoms with E-state index in [0.717, 1.165) is 22.0 Å². The fourth-order valence-electron chi connectivity index (χ4n) is 2.11. The highest BCUT2D eigenvalue weighted by Crippen LogP contribution is 2.33. The van der Waals surface area contributed by atoms with Crippen LogP contribution in [0.3, 0.4) is 0 Å². The first kappa shape index (κ1) is 11.3. The third-order valence-electron chi connectivity index (χ3n) is 2.93. The molecule has 1 aromatic carbocycles. The second-order valence-corrected chi connectivity index (χ2v) is 4.65. The summed E-state index contributed by atoms with van der Waals surface area (Å²) < 4.78 is 5.51. The van der Waals surface area contributed by atoms with Gasteiger partial charge in [-0.25, -0.2) is 4.79 Å². The SMILES string of the molecule is COC(=O)c1cc(Br)c2c(c1C)C(=O)CC2. The molecule has 1 aliphatic carbocycles. The van der Waals surface area contributed by atoms with Crippen LogP contribution in [0.5, 0.6) is 0 Å². The summed E-state index contributed by atoms with van der Waals surface area (Å²) in [7, 11) is 1.34. The van der Waals surface area contributed by atoms with E-state index in [0.29, 0.717) is 17.5 Å². The third-order valence-corrected chi connectivity index (χ3v) is 3.63. The summed E-state index contributed by atoms with van der Waals surface area (Å²) in [6.07, 6.45) is 1.27. The van der Waals surface area contributed by atoms with E-state index in [9.17, 15) is 9.59 Å². The Hall–Kier alpha value is -1.16. The minimum atomic E-state index is -0.402. The molecule has 84 valence electrons. The van der Waals surface area contributed by atoms with Crippen LogP contribution in [0.15, 0.2) is 10.5 Å². The predicted octanol–water partition coefficient (Wildman–Crippen LogP) is 2.67. The number of rotatable bonds is 1. The maximum atomic E-state index is 11.7. The number of ether oxygens (including phenoxy) is 1. The van der Waals surface area contributed by atoms with Crippen molar-refractivity contribution < 1.29 is 14.3 Å². The minimum absolute atomic E-state index is 0.110. The van der Waals surface area contributed by atoms with Crippen LogP contribution in [-0.2, 0) is 11.2 Å². The largest absolute Gasteiger partial charge is 0.465 e. The van der Waals surface area contributed by atoms with E-state index in [4.69, 9.17) is 4.74 Å². The Morgan fingerprint density at radius 1 is 1.44 bits per heavy atom. The number of hydrogen-bond acceptors (Lipinski definition) is 3. The lowest BCUT2D eigenvalue weighted by atomic mass is 9.98. The second kappa shape index (κ2) is 4.01. The smallest absolute Gasteiger partial charge is 0.338 e. The van der Waals surface area contributed by atoms with Gasteiger partial charge in [0.1, 0.15) is 0 Å². The molecule has 0 saturated heterocycles. The van der Waals surface area contributed by atoms with Crippen LogP contribution < -0.4 is 0 Å². The minimum Gasteiger partial charge on any atom is -0.465 e. The van der Waals surface area contributed by atoms with Crippen molar-refractivity contribution in [3.05, 3.63) is 32.8 Å². The molecule has 3 nitrogen and oxygen atoms in total. The normalized spacial score (nSPS) is 13.8. The van der Waals surface area contributed by atoms with E-state index in [1.807, 2.05) is 0 Å². The van der Waals surface area contributed by atoms with Crippen molar-refractivity contribution in [1.29, 1.82) is 0 Å². The molecule has 0 aromatic heterocycles. The fourth-order valence-corrected chi connectivity index (χ4v) is 2.74. The van der Waals surface area contributed by atoms with Crippen molar-refractivity contribution in [2.24, 2.45) is 0 Å². The zero-order chi connectivity index (χ0) is 11.9. The van der Waals surface area contributed by atoms with Crippen molar-refractivity contribution in [2.45, 2.75) is 19.8 Å². The van der Waals surface area contributed by atoms with Gasteiger partial charge >= 0.3 is 5.97 Å². The number of hydrogen-bond donors (Lipinski definition) is 0. The summed E-state index contributed by atoms with van der Waals surface area (Å²) in [5.74, 6) is -0.292. The van der Waals surface area contributed by atoms with E-state index in [2.05, 4.69) is 15.9 Å². The van der Waals surface area contributed by atoms with Gasteiger partial charge < -0.3 is 4.74 Å². The Kier molecular flexibility index (Phi) is 2.84. The molecule has 0 radical (unpaired) electrons. The summed E-state index contributed by atoms with van der Waals surface area (Å²) >= 11 is 3.40. The summed E-state index contributed by atoms with van der Waals surface area (Å²) in [5, 5.41) is 0. The Balaban J connectivity index is 2.68. The molecule has 0 aliphatic heterocycles. The molecule has 0 heterocycles. The molecule has 0 spiro atoms. The number of methoxy groups -OCH3 is 1. The average molecular weight is 283 g/mol. The highest BCUT2D eigenvalue weighted by atomic mass is 79.9. The van der Waals surface area contributed by atoms with Crippen molar-refractivity contribution in [3.8, 4) is 0 Å². The van der Waals surface area contributed by atoms with Gasteiger partial charge in [0.25, 0.3) is 0 Å². The van der Waals surface area contributed by atoms with Gasteiger partial charge in [-0.15, -0.1) is 0 Å². The standard InChI is InChI=1S/C12H11BrO3/c1-6-8(12(15)16-2)5-9(13)7-3-4-10(14)11(6)7/h5H,3-4H2,1-2H3. The first-order chi connectivity index (χ1) is 7.56. The molecule has 0 fully saturated rings. The number of fused-ring (bicyclic) bond motifs is 1. The average Bonchev–Trinajstić information content (AvgIpc) is 2.65. The first-order valence-electron chi connectivity index (χ1n) is 4.99. The molecular weight excluding hydrogens is 272 g/mol. The maximum Gasteiger partial charge on any atom is 0.338 e. The summed E-state index contributed by atoms with van der Waals surface area (Å²) in [5.41, 5.74) is 2.89. The Morgan fingerprint density at radius 2 is 2.12 bits per heavy atom. The lowest BCUT2D eigenvalue weighted by Crippen LogP contribution is -2.08. The molecule has 2 rings (SSSR count). The van der Waals surface area contributed by atoms with E-state index >= 15 is 0 Å². The van der Waals surface area contributed by atoms with Crippen molar-refractivity contribution in [3.63, 3.8) is 0 Å². The molecule has 1 aliphatic rings. The van der Waals surface area contributed by atoms with Gasteiger partial charge in [-0.05, 0) is 30.5 Å². The Morgan fingerprint density at radius 3 is 2.75 bits per heavy atom. The topological polar surface area (TPSA) is 43.4 Å². The summed E-state index contributed by atoms with van der Waals surface area (Å²) in [4.78, 5) is 23.3. The van der Waals surface area contributed by atoms with Gasteiger partial charge in [-0.1, -0.05) is 15.9 Å². The molecule has 0 saturated carbocycles. The van der Waals surface area contributed by atoms with Crippen LogP contribution in [-0.4, -0.2) is 18.9 Å². The molecule has 1 aromatic rings. The van der Waals surface area contributed by atoms with Gasteiger partial charge in [-0.2, -0.15) is 0 Å². The van der Waals surface area contributed by atoms with E-state index < -0.39 is 5.97 Å². The molecule has 0 amide bonds. The Labute approximate surface area is 102 Å². The van der Waals surface area contributed by atoms with Gasteiger partial charge in [0, 0.05) is 16.5 Å². The van der Waals surface area contributed by atoms with Crippen LogP contribution in [0.4, 0.5) is 0 Å². The number of carbonyl (C=O) groups is 2. The molecule has 0 unspecified atom stereocenters. The molecular formula is C12H11BrO3. The molecule has 4 heteroatoms. The van der Waals surface area contributed by atoms with E-state index in [1.165, 1.54) is 7.11 Å². The molecule has 0 N–H and O–H groups in total. The number of benzene rings is 1. The van der Waals surface area contributed by atoms with Crippen LogP contribution in [0.25, 0.3) is 0 Å². The predicted molar refractivity (Wildman–Crippen MR) is 62.9 cm³/mol. The lowest BCUT2D eigenvalue weighted by molar-refractivity contribution is 0.0600. The summed E-state index contributed by atoms with van der Waals surface area (Å²) in [6.45, 7) is 1.79. The first-order valence-corrected chi connectivity index (χ1v) is 5.79. The highest BCUT2D eigenvalue weighted by molar-refractivity contribution is 9.10. The van der Waals surface area contributed by atoms with Crippen LogP contribution in [0.2, 0.25) is 0 Å². The van der Waals surface area contributed by atoms with Crippen LogP contribution in [0.1, 0.15) is 38.3 Å². The van der Waals surface area contributed by atoms with Gasteiger partial charge in [0.15, 0.2) is 5.78 Å². The van der Waals surface area contributed by atoms with Crippen molar-refractivity contribution >= 4 is 27.7 Å². The highest BCUT2D eigenvalue weighted by Gasteiger charge is 2.27. The third kappa shape index (κ3) is 1.57. The van der Waals surface area contributed by atoms with Gasteiger partial charge in [0.05, 0.1) is 12.7 Å². The van der Waals surface area contributed by atoms with E-state index in [1.54, 1.807) is 13.0 Å². The lowest BCUT2D eigenvalue weighted by Gasteiger charge is -2.10. The molecule has 0 bridgehead atoms. The quantitative estimate of drug-likeness (QED) is 0.744.